The number of carbonyl (C=O) groups excluding carboxylic acids is 1. The van der Waals surface area contributed by atoms with Gasteiger partial charge in [0, 0.05) is 24.4 Å². The molecule has 188 valence electrons. The molecule has 4 nitrogen and oxygen atoms in total. The molecule has 2 aliphatic carbocycles. The molecule has 0 spiro atoms. The van der Waals surface area contributed by atoms with Gasteiger partial charge in [-0.05, 0) is 61.7 Å². The first-order valence-corrected chi connectivity index (χ1v) is 14.0. The molecule has 1 heterocycles. The lowest BCUT2D eigenvalue weighted by Crippen LogP contribution is -2.29. The van der Waals surface area contributed by atoms with Crippen molar-refractivity contribution in [3.8, 4) is 0 Å². The minimum atomic E-state index is -0.317. The van der Waals surface area contributed by atoms with Crippen LogP contribution in [0.2, 0.25) is 0 Å². The van der Waals surface area contributed by atoms with Gasteiger partial charge in [-0.15, -0.1) is 0 Å². The molecule has 1 unspecified atom stereocenters. The van der Waals surface area contributed by atoms with Crippen LogP contribution < -0.4 is 0 Å². The highest BCUT2D eigenvalue weighted by Gasteiger charge is 2.33. The largest absolute Gasteiger partial charge is 0.375 e. The van der Waals surface area contributed by atoms with E-state index < -0.39 is 0 Å². The zero-order chi connectivity index (χ0) is 24.5. The molecule has 1 aromatic carbocycles. The third-order valence-electron chi connectivity index (χ3n) is 7.66. The smallest absolute Gasteiger partial charge is 0.368 e. The molecule has 0 saturated heterocycles. The molecule has 3 aliphatic rings. The van der Waals surface area contributed by atoms with Crippen LogP contribution in [0.1, 0.15) is 96.5 Å². The van der Waals surface area contributed by atoms with Crippen molar-refractivity contribution in [3.05, 3.63) is 70.5 Å². The van der Waals surface area contributed by atoms with Crippen LogP contribution in [0.3, 0.4) is 0 Å². The van der Waals surface area contributed by atoms with Gasteiger partial charge in [0.25, 0.3) is 0 Å². The maximum atomic E-state index is 12.7. The number of nitrogens with zero attached hydrogens (tertiary/aromatic N) is 2. The number of hydrogen-bond acceptors (Lipinski definition) is 4. The van der Waals surface area contributed by atoms with Crippen molar-refractivity contribution in [1.82, 2.24) is 4.90 Å². The standard InChI is InChI=1S/C31H42N2O2/c1-3-5-7-12-20-33(21-13-8-6-4-2)28-19-18-24-16-17-26(22-27(24)23-28)29-30(32-35-31(29)34)25-14-10-9-11-15-25/h9-11,14-15,22-24H,3-8,12-13,16-21H2,1-2H3/b29-26-. The molecule has 0 amide bonds. The van der Waals surface area contributed by atoms with Crippen LogP contribution in [0.25, 0.3) is 0 Å². The summed E-state index contributed by atoms with van der Waals surface area (Å²) in [7, 11) is 0. The van der Waals surface area contributed by atoms with E-state index in [9.17, 15) is 4.79 Å². The van der Waals surface area contributed by atoms with Gasteiger partial charge < -0.3 is 9.74 Å². The van der Waals surface area contributed by atoms with E-state index in [-0.39, 0.29) is 5.97 Å². The summed E-state index contributed by atoms with van der Waals surface area (Å²) in [5.41, 5.74) is 6.23. The predicted octanol–water partition coefficient (Wildman–Crippen LogP) is 7.72. The number of unbranched alkanes of at least 4 members (excludes halogenated alkanes) is 6. The summed E-state index contributed by atoms with van der Waals surface area (Å²) in [5.74, 6) is 0.280. The van der Waals surface area contributed by atoms with Crippen molar-refractivity contribution in [2.24, 2.45) is 11.1 Å². The van der Waals surface area contributed by atoms with Crippen LogP contribution in [0.4, 0.5) is 0 Å². The second kappa shape index (κ2) is 12.9. The highest BCUT2D eigenvalue weighted by Crippen LogP contribution is 2.40. The van der Waals surface area contributed by atoms with E-state index in [2.05, 4.69) is 36.1 Å². The molecule has 0 N–H and O–H groups in total. The Morgan fingerprint density at radius 1 is 0.886 bits per heavy atom. The van der Waals surface area contributed by atoms with Gasteiger partial charge in [-0.25, -0.2) is 4.79 Å². The number of benzene rings is 1. The van der Waals surface area contributed by atoms with Crippen molar-refractivity contribution in [2.75, 3.05) is 13.1 Å². The maximum absolute atomic E-state index is 12.7. The lowest BCUT2D eigenvalue weighted by atomic mass is 9.77. The van der Waals surface area contributed by atoms with Crippen LogP contribution in [0.15, 0.2) is 70.1 Å². The fourth-order valence-corrected chi connectivity index (χ4v) is 5.60. The Morgan fingerprint density at radius 3 is 2.26 bits per heavy atom. The molecule has 1 aliphatic heterocycles. The monoisotopic (exact) mass is 474 g/mol. The Kier molecular flexibility index (Phi) is 9.39. The number of oxime groups is 1. The van der Waals surface area contributed by atoms with E-state index in [4.69, 9.17) is 4.84 Å². The molecule has 0 saturated carbocycles. The molecule has 0 aromatic heterocycles. The number of hydrogen-bond donors (Lipinski definition) is 0. The van der Waals surface area contributed by atoms with Gasteiger partial charge in [-0.2, -0.15) is 0 Å². The van der Waals surface area contributed by atoms with E-state index >= 15 is 0 Å². The van der Waals surface area contributed by atoms with Crippen LogP contribution in [0, 0.1) is 5.92 Å². The molecular formula is C31H42N2O2. The van der Waals surface area contributed by atoms with Crippen molar-refractivity contribution < 1.29 is 9.63 Å². The normalized spacial score (nSPS) is 21.7. The molecule has 35 heavy (non-hydrogen) atoms. The summed E-state index contributed by atoms with van der Waals surface area (Å²) in [4.78, 5) is 20.5. The van der Waals surface area contributed by atoms with E-state index in [1.54, 1.807) is 0 Å². The van der Waals surface area contributed by atoms with Gasteiger partial charge in [0.15, 0.2) is 0 Å². The first-order chi connectivity index (χ1) is 17.2. The van der Waals surface area contributed by atoms with Crippen LogP contribution >= 0.6 is 0 Å². The molecule has 4 heteroatoms. The molecule has 0 bridgehead atoms. The van der Waals surface area contributed by atoms with Gasteiger partial charge in [0.05, 0.1) is 5.57 Å². The minimum Gasteiger partial charge on any atom is -0.375 e. The summed E-state index contributed by atoms with van der Waals surface area (Å²) in [6.07, 6.45) is 19.5. The second-order valence-electron chi connectivity index (χ2n) is 10.2. The minimum absolute atomic E-state index is 0.317. The number of carbonyl (C=O) groups is 1. The fourth-order valence-electron chi connectivity index (χ4n) is 5.60. The third kappa shape index (κ3) is 6.54. The Morgan fingerprint density at radius 2 is 1.57 bits per heavy atom. The Labute approximate surface area is 211 Å². The van der Waals surface area contributed by atoms with Crippen molar-refractivity contribution >= 4 is 11.7 Å². The lowest BCUT2D eigenvalue weighted by Gasteiger charge is -2.35. The average molecular weight is 475 g/mol. The van der Waals surface area contributed by atoms with Crippen LogP contribution in [0.5, 0.6) is 0 Å². The topological polar surface area (TPSA) is 41.9 Å². The summed E-state index contributed by atoms with van der Waals surface area (Å²) < 4.78 is 0. The Balaban J connectivity index is 1.57. The zero-order valence-electron chi connectivity index (χ0n) is 21.7. The molecule has 1 atom stereocenters. The SMILES string of the molecule is CCCCCCN(CCCCCC)C1=CC2=C/C(=C3\C(=O)ON=C3c3ccccc3)CCC2CC1. The fraction of sp³-hybridized carbons (Fsp3) is 0.548. The molecule has 0 fully saturated rings. The number of rotatable bonds is 12. The van der Waals surface area contributed by atoms with E-state index in [0.29, 0.717) is 17.2 Å². The van der Waals surface area contributed by atoms with E-state index in [0.717, 1.165) is 24.0 Å². The van der Waals surface area contributed by atoms with Crippen molar-refractivity contribution in [3.63, 3.8) is 0 Å². The van der Waals surface area contributed by atoms with Crippen molar-refractivity contribution in [2.45, 2.75) is 90.9 Å². The average Bonchev–Trinajstić information content (AvgIpc) is 3.29. The zero-order valence-corrected chi connectivity index (χ0v) is 21.7. The Bertz CT molecular complexity index is 974. The summed E-state index contributed by atoms with van der Waals surface area (Å²) in [5, 5.41) is 4.14. The van der Waals surface area contributed by atoms with Crippen LogP contribution in [-0.2, 0) is 9.63 Å². The van der Waals surface area contributed by atoms with Gasteiger partial charge in [0.1, 0.15) is 5.71 Å². The van der Waals surface area contributed by atoms with Gasteiger partial charge >= 0.3 is 5.97 Å². The first kappa shape index (κ1) is 25.5. The van der Waals surface area contributed by atoms with Crippen LogP contribution in [-0.4, -0.2) is 29.7 Å². The van der Waals surface area contributed by atoms with E-state index in [1.807, 2.05) is 30.3 Å². The lowest BCUT2D eigenvalue weighted by molar-refractivity contribution is -0.136. The quantitative estimate of drug-likeness (QED) is 0.177. The van der Waals surface area contributed by atoms with E-state index in [1.165, 1.54) is 88.6 Å². The molecule has 0 radical (unpaired) electrons. The second-order valence-corrected chi connectivity index (χ2v) is 10.2. The number of allylic oxidation sites excluding steroid dienone is 5. The van der Waals surface area contributed by atoms with Gasteiger partial charge in [-0.3, -0.25) is 0 Å². The highest BCUT2D eigenvalue weighted by atomic mass is 16.7. The highest BCUT2D eigenvalue weighted by molar-refractivity contribution is 6.29. The van der Waals surface area contributed by atoms with Gasteiger partial charge in [0.2, 0.25) is 0 Å². The number of fused-ring (bicyclic) bond motifs is 1. The third-order valence-corrected chi connectivity index (χ3v) is 7.66. The van der Waals surface area contributed by atoms with Gasteiger partial charge in [-0.1, -0.05) is 93.9 Å². The van der Waals surface area contributed by atoms with Crippen molar-refractivity contribution in [1.29, 1.82) is 0 Å². The predicted molar refractivity (Wildman–Crippen MR) is 144 cm³/mol. The molecule has 4 rings (SSSR count). The summed E-state index contributed by atoms with van der Waals surface area (Å²) >= 11 is 0. The summed E-state index contributed by atoms with van der Waals surface area (Å²) in [6.45, 7) is 6.89. The Hall–Kier alpha value is -2.62. The molecule has 1 aromatic rings. The maximum Gasteiger partial charge on any atom is 0.368 e. The first-order valence-electron chi connectivity index (χ1n) is 14.0. The summed E-state index contributed by atoms with van der Waals surface area (Å²) in [6, 6.07) is 9.92. The molecular weight excluding hydrogens is 432 g/mol.